The Hall–Kier alpha value is -5.02. The Morgan fingerprint density at radius 2 is 1.03 bits per heavy atom. The van der Waals surface area contributed by atoms with Gasteiger partial charge in [0.15, 0.2) is 5.82 Å². The molecule has 0 N–H and O–H groups in total. The minimum absolute atomic E-state index is 0.713. The molecule has 0 radical (unpaired) electrons. The number of fused-ring (bicyclic) bond motifs is 3. The van der Waals surface area contributed by atoms with Crippen LogP contribution >= 0.6 is 0 Å². The average Bonchev–Trinajstić information content (AvgIpc) is 3.37. The summed E-state index contributed by atoms with van der Waals surface area (Å²) in [5.41, 5.74) is 8.94. The molecule has 7 aromatic rings. The van der Waals surface area contributed by atoms with Crippen LogP contribution in [0.1, 0.15) is 0 Å². The Morgan fingerprint density at radius 1 is 0.432 bits per heavy atom. The van der Waals surface area contributed by atoms with Crippen molar-refractivity contribution in [3.63, 3.8) is 0 Å². The molecule has 174 valence electrons. The first kappa shape index (κ1) is 21.3. The molecule has 0 saturated heterocycles. The Kier molecular flexibility index (Phi) is 5.11. The van der Waals surface area contributed by atoms with Crippen molar-refractivity contribution in [1.29, 1.82) is 0 Å². The fourth-order valence-corrected chi connectivity index (χ4v) is 4.93. The molecule has 0 aliphatic carbocycles. The van der Waals surface area contributed by atoms with Crippen molar-refractivity contribution in [3.05, 3.63) is 133 Å². The second-order valence-electron chi connectivity index (χ2n) is 9.05. The highest BCUT2D eigenvalue weighted by Gasteiger charge is 2.14. The molecule has 2 aromatic heterocycles. The van der Waals surface area contributed by atoms with Gasteiger partial charge in [0.2, 0.25) is 0 Å². The van der Waals surface area contributed by atoms with Crippen LogP contribution in [0.2, 0.25) is 0 Å². The molecule has 0 spiro atoms. The summed E-state index contributed by atoms with van der Waals surface area (Å²) >= 11 is 0. The average molecular weight is 475 g/mol. The summed E-state index contributed by atoms with van der Waals surface area (Å²) in [6, 6.07) is 45.5. The Labute approximate surface area is 214 Å². The number of furan rings is 1. The Bertz CT molecular complexity index is 1810. The summed E-state index contributed by atoms with van der Waals surface area (Å²) in [7, 11) is 0. The molecule has 0 saturated carbocycles. The fraction of sp³-hybridized carbons (Fsp3) is 0. The molecule has 0 bridgehead atoms. The molecule has 0 atom stereocenters. The predicted molar refractivity (Wildman–Crippen MR) is 151 cm³/mol. The Morgan fingerprint density at radius 3 is 1.84 bits per heavy atom. The van der Waals surface area contributed by atoms with E-state index >= 15 is 0 Å². The molecule has 0 amide bonds. The van der Waals surface area contributed by atoms with Gasteiger partial charge < -0.3 is 4.42 Å². The van der Waals surface area contributed by atoms with E-state index in [1.807, 2.05) is 54.6 Å². The van der Waals surface area contributed by atoms with Crippen molar-refractivity contribution < 1.29 is 4.42 Å². The number of hydrogen-bond acceptors (Lipinski definition) is 3. The number of para-hydroxylation sites is 1. The normalized spacial score (nSPS) is 11.2. The van der Waals surface area contributed by atoms with Crippen molar-refractivity contribution >= 4 is 21.9 Å². The molecule has 0 unspecified atom stereocenters. The van der Waals surface area contributed by atoms with E-state index in [-0.39, 0.29) is 0 Å². The minimum atomic E-state index is 0.713. The lowest BCUT2D eigenvalue weighted by Gasteiger charge is -2.11. The van der Waals surface area contributed by atoms with Gasteiger partial charge in [-0.1, -0.05) is 109 Å². The first-order valence-electron chi connectivity index (χ1n) is 12.3. The van der Waals surface area contributed by atoms with Crippen LogP contribution in [0, 0.1) is 0 Å². The molecule has 0 aliphatic rings. The number of rotatable bonds is 4. The first-order valence-corrected chi connectivity index (χ1v) is 12.3. The van der Waals surface area contributed by atoms with Gasteiger partial charge in [0.05, 0.1) is 11.4 Å². The van der Waals surface area contributed by atoms with Gasteiger partial charge in [-0.3, -0.25) is 0 Å². The number of benzene rings is 5. The predicted octanol–water partition coefficient (Wildman–Crippen LogP) is 9.04. The van der Waals surface area contributed by atoms with E-state index in [1.54, 1.807) is 0 Å². The molecule has 2 heterocycles. The van der Waals surface area contributed by atoms with Crippen molar-refractivity contribution in [2.75, 3.05) is 0 Å². The summed E-state index contributed by atoms with van der Waals surface area (Å²) < 4.78 is 6.14. The SMILES string of the molecule is c1ccc(-c2cc(-c3cccc(-c4cccc5oc6ccccc6c45)c3)nc(-c3ccccc3)n2)cc1. The van der Waals surface area contributed by atoms with Gasteiger partial charge in [0.1, 0.15) is 11.2 Å². The van der Waals surface area contributed by atoms with Crippen molar-refractivity contribution in [1.82, 2.24) is 9.97 Å². The maximum Gasteiger partial charge on any atom is 0.160 e. The molecule has 5 aromatic carbocycles. The largest absolute Gasteiger partial charge is 0.456 e. The quantitative estimate of drug-likeness (QED) is 0.255. The van der Waals surface area contributed by atoms with E-state index in [4.69, 9.17) is 14.4 Å². The Balaban J connectivity index is 1.41. The summed E-state index contributed by atoms with van der Waals surface area (Å²) in [4.78, 5) is 9.93. The van der Waals surface area contributed by atoms with Crippen LogP contribution < -0.4 is 0 Å². The first-order chi connectivity index (χ1) is 18.3. The van der Waals surface area contributed by atoms with Gasteiger partial charge in [0, 0.05) is 27.5 Å². The van der Waals surface area contributed by atoms with Crippen LogP contribution in [0.15, 0.2) is 138 Å². The monoisotopic (exact) mass is 474 g/mol. The van der Waals surface area contributed by atoms with Crippen molar-refractivity contribution in [2.24, 2.45) is 0 Å². The maximum atomic E-state index is 6.14. The number of aromatic nitrogens is 2. The lowest BCUT2D eigenvalue weighted by molar-refractivity contribution is 0.669. The van der Waals surface area contributed by atoms with Gasteiger partial charge in [0.25, 0.3) is 0 Å². The summed E-state index contributed by atoms with van der Waals surface area (Å²) in [5, 5.41) is 2.26. The van der Waals surface area contributed by atoms with E-state index in [2.05, 4.69) is 78.9 Å². The molecular formula is C34H22N2O. The molecule has 7 rings (SSSR count). The lowest BCUT2D eigenvalue weighted by atomic mass is 9.97. The van der Waals surface area contributed by atoms with Crippen LogP contribution in [0.4, 0.5) is 0 Å². The second kappa shape index (κ2) is 8.89. The van der Waals surface area contributed by atoms with Crippen LogP contribution in [-0.4, -0.2) is 9.97 Å². The van der Waals surface area contributed by atoms with Gasteiger partial charge in [-0.05, 0) is 35.4 Å². The highest BCUT2D eigenvalue weighted by Crippen LogP contribution is 2.38. The van der Waals surface area contributed by atoms with Crippen LogP contribution in [0.3, 0.4) is 0 Å². The molecule has 37 heavy (non-hydrogen) atoms. The summed E-state index contributed by atoms with van der Waals surface area (Å²) in [6.07, 6.45) is 0. The smallest absolute Gasteiger partial charge is 0.160 e. The fourth-order valence-electron chi connectivity index (χ4n) is 4.93. The summed E-state index contributed by atoms with van der Waals surface area (Å²) in [5.74, 6) is 0.713. The third-order valence-corrected chi connectivity index (χ3v) is 6.70. The zero-order valence-corrected chi connectivity index (χ0v) is 20.0. The highest BCUT2D eigenvalue weighted by atomic mass is 16.3. The topological polar surface area (TPSA) is 38.9 Å². The van der Waals surface area contributed by atoms with E-state index < -0.39 is 0 Å². The third-order valence-electron chi connectivity index (χ3n) is 6.70. The van der Waals surface area contributed by atoms with Crippen LogP contribution in [-0.2, 0) is 0 Å². The number of nitrogens with zero attached hydrogens (tertiary/aromatic N) is 2. The highest BCUT2D eigenvalue weighted by molar-refractivity contribution is 6.12. The zero-order chi connectivity index (χ0) is 24.6. The maximum absolute atomic E-state index is 6.14. The zero-order valence-electron chi connectivity index (χ0n) is 20.0. The molecular weight excluding hydrogens is 452 g/mol. The van der Waals surface area contributed by atoms with Crippen LogP contribution in [0.5, 0.6) is 0 Å². The number of hydrogen-bond donors (Lipinski definition) is 0. The van der Waals surface area contributed by atoms with E-state index in [0.717, 1.165) is 61.1 Å². The third kappa shape index (κ3) is 3.87. The van der Waals surface area contributed by atoms with Gasteiger partial charge in [-0.15, -0.1) is 0 Å². The lowest BCUT2D eigenvalue weighted by Crippen LogP contribution is -1.96. The van der Waals surface area contributed by atoms with E-state index in [1.165, 1.54) is 0 Å². The van der Waals surface area contributed by atoms with Crippen molar-refractivity contribution in [3.8, 4) is 45.0 Å². The van der Waals surface area contributed by atoms with Crippen LogP contribution in [0.25, 0.3) is 67.0 Å². The second-order valence-corrected chi connectivity index (χ2v) is 9.05. The minimum Gasteiger partial charge on any atom is -0.456 e. The van der Waals surface area contributed by atoms with E-state index in [9.17, 15) is 0 Å². The standard InChI is InChI=1S/C34H22N2O/c1-3-11-23(12-4-1)29-22-30(36-34(35-29)24-13-5-2-6-14-24)26-16-9-15-25(21-26)27-18-10-20-32-33(27)28-17-7-8-19-31(28)37-32/h1-22H. The van der Waals surface area contributed by atoms with Gasteiger partial charge in [-0.2, -0.15) is 0 Å². The summed E-state index contributed by atoms with van der Waals surface area (Å²) in [6.45, 7) is 0. The van der Waals surface area contributed by atoms with Gasteiger partial charge in [-0.25, -0.2) is 9.97 Å². The van der Waals surface area contributed by atoms with Gasteiger partial charge >= 0.3 is 0 Å². The molecule has 0 fully saturated rings. The van der Waals surface area contributed by atoms with E-state index in [0.29, 0.717) is 5.82 Å². The molecule has 3 nitrogen and oxygen atoms in total. The molecule has 3 heteroatoms. The van der Waals surface area contributed by atoms with Crippen molar-refractivity contribution in [2.45, 2.75) is 0 Å². The molecule has 0 aliphatic heterocycles.